The van der Waals surface area contributed by atoms with Crippen LogP contribution in [0.3, 0.4) is 0 Å². The van der Waals surface area contributed by atoms with Gasteiger partial charge in [0.25, 0.3) is 0 Å². The van der Waals surface area contributed by atoms with E-state index >= 15 is 0 Å². The van der Waals surface area contributed by atoms with Crippen molar-refractivity contribution in [1.82, 2.24) is 9.97 Å². The molecule has 4 nitrogen and oxygen atoms in total. The van der Waals surface area contributed by atoms with E-state index in [1.807, 2.05) is 36.4 Å². The Kier molecular flexibility index (Phi) is 4.84. The van der Waals surface area contributed by atoms with Crippen molar-refractivity contribution in [1.29, 1.82) is 0 Å². The van der Waals surface area contributed by atoms with Crippen molar-refractivity contribution in [3.05, 3.63) is 84.1 Å². The maximum Gasteiger partial charge on any atom is 0.229 e. The summed E-state index contributed by atoms with van der Waals surface area (Å²) in [6.07, 6.45) is 1.73. The van der Waals surface area contributed by atoms with Crippen molar-refractivity contribution in [3.8, 4) is 5.88 Å². The Morgan fingerprint density at radius 2 is 1.39 bits per heavy atom. The fourth-order valence-electron chi connectivity index (χ4n) is 2.40. The summed E-state index contributed by atoms with van der Waals surface area (Å²) in [4.78, 5) is 11.0. The molecule has 0 saturated carbocycles. The molecule has 0 atom stereocenters. The van der Waals surface area contributed by atoms with Crippen LogP contribution >= 0.6 is 0 Å². The Balaban J connectivity index is 1.88. The lowest BCUT2D eigenvalue weighted by Gasteiger charge is -2.23. The molecule has 2 aromatic carbocycles. The third-order valence-corrected chi connectivity index (χ3v) is 3.54. The number of hydrogen-bond donors (Lipinski definition) is 0. The van der Waals surface area contributed by atoms with Gasteiger partial charge in [0, 0.05) is 25.4 Å². The molecule has 0 fully saturated rings. The highest BCUT2D eigenvalue weighted by Gasteiger charge is 2.12. The Bertz CT molecular complexity index is 690. The highest BCUT2D eigenvalue weighted by Crippen LogP contribution is 2.18. The van der Waals surface area contributed by atoms with E-state index < -0.39 is 0 Å². The Labute approximate surface area is 136 Å². The predicted octanol–water partition coefficient (Wildman–Crippen LogP) is 3.69. The second-order valence-electron chi connectivity index (χ2n) is 5.23. The van der Waals surface area contributed by atoms with E-state index in [1.54, 1.807) is 19.4 Å². The van der Waals surface area contributed by atoms with Crippen molar-refractivity contribution >= 4 is 5.95 Å². The quantitative estimate of drug-likeness (QED) is 0.696. The van der Waals surface area contributed by atoms with Gasteiger partial charge in [-0.25, -0.2) is 4.98 Å². The molecule has 23 heavy (non-hydrogen) atoms. The predicted molar refractivity (Wildman–Crippen MR) is 91.4 cm³/mol. The van der Waals surface area contributed by atoms with Gasteiger partial charge in [-0.3, -0.25) is 0 Å². The van der Waals surface area contributed by atoms with Gasteiger partial charge in [-0.15, -0.1) is 0 Å². The van der Waals surface area contributed by atoms with Crippen molar-refractivity contribution in [2.75, 3.05) is 12.0 Å². The molecular weight excluding hydrogens is 286 g/mol. The minimum atomic E-state index is 0.570. The minimum Gasteiger partial charge on any atom is -0.481 e. The number of hydrogen-bond acceptors (Lipinski definition) is 4. The average molecular weight is 305 g/mol. The van der Waals surface area contributed by atoms with E-state index in [0.29, 0.717) is 11.8 Å². The Hall–Kier alpha value is -2.88. The molecule has 0 amide bonds. The fraction of sp³-hybridized carbons (Fsp3) is 0.158. The van der Waals surface area contributed by atoms with Crippen molar-refractivity contribution in [2.24, 2.45) is 0 Å². The van der Waals surface area contributed by atoms with Crippen molar-refractivity contribution in [3.63, 3.8) is 0 Å². The molecule has 0 unspecified atom stereocenters. The number of rotatable bonds is 6. The molecule has 116 valence electrons. The van der Waals surface area contributed by atoms with Crippen LogP contribution in [0, 0.1) is 0 Å². The van der Waals surface area contributed by atoms with Crippen LogP contribution in [0.4, 0.5) is 5.95 Å². The largest absolute Gasteiger partial charge is 0.481 e. The smallest absolute Gasteiger partial charge is 0.229 e. The molecule has 3 rings (SSSR count). The number of benzene rings is 2. The minimum absolute atomic E-state index is 0.570. The normalized spacial score (nSPS) is 10.3. The second kappa shape index (κ2) is 7.40. The molecular formula is C19H19N3O. The van der Waals surface area contributed by atoms with E-state index in [2.05, 4.69) is 39.1 Å². The molecule has 0 bridgehead atoms. The SMILES string of the molecule is COc1ccnc(N(Cc2ccccc2)Cc2ccccc2)n1. The zero-order valence-electron chi connectivity index (χ0n) is 13.1. The molecule has 0 aliphatic rings. The van der Waals surface area contributed by atoms with Crippen LogP contribution < -0.4 is 9.64 Å². The number of anilines is 1. The Morgan fingerprint density at radius 1 is 0.826 bits per heavy atom. The summed E-state index contributed by atoms with van der Waals surface area (Å²) in [5.41, 5.74) is 2.43. The van der Waals surface area contributed by atoms with Crippen LogP contribution in [0.5, 0.6) is 5.88 Å². The third-order valence-electron chi connectivity index (χ3n) is 3.54. The third kappa shape index (κ3) is 4.07. The molecule has 0 saturated heterocycles. The molecule has 0 spiro atoms. The van der Waals surface area contributed by atoms with Crippen LogP contribution in [0.1, 0.15) is 11.1 Å². The van der Waals surface area contributed by atoms with Crippen molar-refractivity contribution < 1.29 is 4.74 Å². The van der Waals surface area contributed by atoms with Crippen LogP contribution in [-0.4, -0.2) is 17.1 Å². The number of methoxy groups -OCH3 is 1. The van der Waals surface area contributed by atoms with Gasteiger partial charge in [-0.1, -0.05) is 60.7 Å². The molecule has 0 aliphatic heterocycles. The topological polar surface area (TPSA) is 38.2 Å². The first-order valence-corrected chi connectivity index (χ1v) is 7.55. The van der Waals surface area contributed by atoms with E-state index in [1.165, 1.54) is 11.1 Å². The van der Waals surface area contributed by atoms with Gasteiger partial charge < -0.3 is 9.64 Å². The van der Waals surface area contributed by atoms with Crippen LogP contribution in [0.15, 0.2) is 72.9 Å². The fourth-order valence-corrected chi connectivity index (χ4v) is 2.40. The van der Waals surface area contributed by atoms with Gasteiger partial charge in [0.1, 0.15) is 0 Å². The van der Waals surface area contributed by atoms with Gasteiger partial charge in [0.05, 0.1) is 7.11 Å². The number of ether oxygens (including phenoxy) is 1. The van der Waals surface area contributed by atoms with Crippen LogP contribution in [0.25, 0.3) is 0 Å². The lowest BCUT2D eigenvalue weighted by Crippen LogP contribution is -2.24. The van der Waals surface area contributed by atoms with Crippen LogP contribution in [-0.2, 0) is 13.1 Å². The zero-order chi connectivity index (χ0) is 15.9. The monoisotopic (exact) mass is 305 g/mol. The molecule has 4 heteroatoms. The summed E-state index contributed by atoms with van der Waals surface area (Å²) in [5, 5.41) is 0. The first kappa shape index (κ1) is 15.0. The van der Waals surface area contributed by atoms with Gasteiger partial charge in [0.2, 0.25) is 11.8 Å². The summed E-state index contributed by atoms with van der Waals surface area (Å²) >= 11 is 0. The lowest BCUT2D eigenvalue weighted by atomic mass is 10.2. The zero-order valence-corrected chi connectivity index (χ0v) is 13.1. The molecule has 0 radical (unpaired) electrons. The maximum absolute atomic E-state index is 5.23. The van der Waals surface area contributed by atoms with Gasteiger partial charge in [-0.2, -0.15) is 4.98 Å². The van der Waals surface area contributed by atoms with E-state index in [4.69, 9.17) is 4.74 Å². The highest BCUT2D eigenvalue weighted by atomic mass is 16.5. The summed E-state index contributed by atoms with van der Waals surface area (Å²) in [5.74, 6) is 1.23. The van der Waals surface area contributed by atoms with E-state index in [0.717, 1.165) is 13.1 Å². The Morgan fingerprint density at radius 3 is 1.91 bits per heavy atom. The average Bonchev–Trinajstić information content (AvgIpc) is 2.63. The first-order valence-electron chi connectivity index (χ1n) is 7.55. The van der Waals surface area contributed by atoms with Gasteiger partial charge >= 0.3 is 0 Å². The molecule has 0 N–H and O–H groups in total. The summed E-state index contributed by atoms with van der Waals surface area (Å²) in [7, 11) is 1.62. The van der Waals surface area contributed by atoms with Gasteiger partial charge in [0.15, 0.2) is 0 Å². The molecule has 0 aliphatic carbocycles. The summed E-state index contributed by atoms with van der Waals surface area (Å²) in [6.45, 7) is 1.48. The lowest BCUT2D eigenvalue weighted by molar-refractivity contribution is 0.396. The van der Waals surface area contributed by atoms with Gasteiger partial charge in [-0.05, 0) is 11.1 Å². The maximum atomic E-state index is 5.23. The van der Waals surface area contributed by atoms with E-state index in [-0.39, 0.29) is 0 Å². The summed E-state index contributed by atoms with van der Waals surface area (Å²) in [6, 6.07) is 22.4. The highest BCUT2D eigenvalue weighted by molar-refractivity contribution is 5.36. The standard InChI is InChI=1S/C19H19N3O/c1-23-18-12-13-20-19(21-18)22(14-16-8-4-2-5-9-16)15-17-10-6-3-7-11-17/h2-13H,14-15H2,1H3. The van der Waals surface area contributed by atoms with E-state index in [9.17, 15) is 0 Å². The molecule has 3 aromatic rings. The number of aromatic nitrogens is 2. The van der Waals surface area contributed by atoms with Crippen molar-refractivity contribution in [2.45, 2.75) is 13.1 Å². The van der Waals surface area contributed by atoms with Crippen LogP contribution in [0.2, 0.25) is 0 Å². The molecule has 1 aromatic heterocycles. The number of nitrogens with zero attached hydrogens (tertiary/aromatic N) is 3. The molecule has 1 heterocycles. The summed E-state index contributed by atoms with van der Waals surface area (Å²) < 4.78 is 5.23. The second-order valence-corrected chi connectivity index (χ2v) is 5.23. The first-order chi connectivity index (χ1) is 11.3.